The van der Waals surface area contributed by atoms with Gasteiger partial charge in [-0.25, -0.2) is 14.6 Å². The highest BCUT2D eigenvalue weighted by atomic mass is 16.6. The van der Waals surface area contributed by atoms with Gasteiger partial charge >= 0.3 is 12.0 Å². The molecule has 1 unspecified atom stereocenters. The number of esters is 1. The van der Waals surface area contributed by atoms with E-state index in [1.165, 1.54) is 30.2 Å². The third kappa shape index (κ3) is 3.26. The molecule has 0 saturated carbocycles. The number of nitrogens with one attached hydrogen (secondary N) is 1. The first kappa shape index (κ1) is 11.0. The maximum atomic E-state index is 11.4. The fourth-order valence-electron chi connectivity index (χ4n) is 0.879. The molecule has 0 aliphatic rings. The molecule has 1 rings (SSSR count). The number of hydrogen-bond donors (Lipinski definition) is 1. The van der Waals surface area contributed by atoms with E-state index in [2.05, 4.69) is 16.9 Å². The number of carbonyl (C=O) groups excluding carboxylic acids is 2. The molecule has 0 aliphatic carbocycles. The molecule has 1 aromatic rings. The summed E-state index contributed by atoms with van der Waals surface area (Å²) in [6.07, 6.45) is 4.61. The summed E-state index contributed by atoms with van der Waals surface area (Å²) in [6.45, 7) is 4.78. The van der Waals surface area contributed by atoms with E-state index >= 15 is 0 Å². The Kier molecular flexibility index (Phi) is 3.61. The van der Waals surface area contributed by atoms with Gasteiger partial charge in [0.1, 0.15) is 6.33 Å². The zero-order valence-corrected chi connectivity index (χ0v) is 8.21. The van der Waals surface area contributed by atoms with Crippen molar-refractivity contribution in [2.24, 2.45) is 0 Å². The second-order valence-corrected chi connectivity index (χ2v) is 2.70. The van der Waals surface area contributed by atoms with E-state index in [-0.39, 0.29) is 0 Å². The molecular weight excluding hydrogens is 198 g/mol. The average Bonchev–Trinajstić information content (AvgIpc) is 2.70. The molecule has 1 atom stereocenters. The number of ether oxygens (including phenoxy) is 1. The topological polar surface area (TPSA) is 73.2 Å². The van der Waals surface area contributed by atoms with Crippen LogP contribution in [0.4, 0.5) is 4.79 Å². The minimum absolute atomic E-state index is 0.420. The van der Waals surface area contributed by atoms with Crippen molar-refractivity contribution >= 4 is 12.0 Å². The number of hydrogen-bond acceptors (Lipinski definition) is 4. The third-order valence-electron chi connectivity index (χ3n) is 1.53. The molecule has 6 nitrogen and oxygen atoms in total. The van der Waals surface area contributed by atoms with Gasteiger partial charge in [0.05, 0.1) is 0 Å². The number of carbonyl (C=O) groups is 2. The highest BCUT2D eigenvalue weighted by Gasteiger charge is 2.10. The number of imidazole rings is 1. The highest BCUT2D eigenvalue weighted by Crippen LogP contribution is 1.91. The Bertz CT molecular complexity index is 359. The van der Waals surface area contributed by atoms with E-state index in [9.17, 15) is 9.59 Å². The van der Waals surface area contributed by atoms with Crippen LogP contribution in [0.15, 0.2) is 31.4 Å². The van der Waals surface area contributed by atoms with Crippen LogP contribution in [-0.4, -0.2) is 27.8 Å². The Balaban J connectivity index is 2.45. The van der Waals surface area contributed by atoms with Crippen molar-refractivity contribution in [1.82, 2.24) is 14.9 Å². The Hall–Kier alpha value is -2.11. The summed E-state index contributed by atoms with van der Waals surface area (Å²) in [5, 5.41) is 2.44. The van der Waals surface area contributed by atoms with Crippen molar-refractivity contribution in [3.05, 3.63) is 31.4 Å². The zero-order valence-electron chi connectivity index (χ0n) is 8.21. The molecule has 6 heteroatoms. The van der Waals surface area contributed by atoms with Gasteiger partial charge in [-0.3, -0.25) is 4.57 Å². The van der Waals surface area contributed by atoms with E-state index in [1.807, 2.05) is 0 Å². The van der Waals surface area contributed by atoms with Gasteiger partial charge in [-0.1, -0.05) is 6.58 Å². The summed E-state index contributed by atoms with van der Waals surface area (Å²) in [4.78, 5) is 25.9. The second kappa shape index (κ2) is 4.94. The zero-order chi connectivity index (χ0) is 11.3. The Labute approximate surface area is 86.6 Å². The fourth-order valence-corrected chi connectivity index (χ4v) is 0.879. The largest absolute Gasteiger partial charge is 0.439 e. The van der Waals surface area contributed by atoms with Gasteiger partial charge < -0.3 is 10.1 Å². The van der Waals surface area contributed by atoms with E-state index in [4.69, 9.17) is 4.74 Å². The van der Waals surface area contributed by atoms with Crippen LogP contribution in [0.1, 0.15) is 6.92 Å². The SMILES string of the molecule is C=CC(=O)OC(C)NC(=O)n1ccnc1. The van der Waals surface area contributed by atoms with Crippen molar-refractivity contribution in [2.45, 2.75) is 13.2 Å². The minimum Gasteiger partial charge on any atom is -0.439 e. The lowest BCUT2D eigenvalue weighted by Crippen LogP contribution is -2.38. The van der Waals surface area contributed by atoms with Crippen LogP contribution in [0.3, 0.4) is 0 Å². The van der Waals surface area contributed by atoms with E-state index in [0.29, 0.717) is 0 Å². The molecule has 1 N–H and O–H groups in total. The van der Waals surface area contributed by atoms with Crippen molar-refractivity contribution in [1.29, 1.82) is 0 Å². The Morgan fingerprint density at radius 1 is 1.67 bits per heavy atom. The normalized spacial score (nSPS) is 11.5. The van der Waals surface area contributed by atoms with Crippen molar-refractivity contribution in [3.63, 3.8) is 0 Å². The summed E-state index contributed by atoms with van der Waals surface area (Å²) in [5.41, 5.74) is 0. The molecule has 80 valence electrons. The van der Waals surface area contributed by atoms with E-state index in [1.54, 1.807) is 0 Å². The molecule has 1 aromatic heterocycles. The lowest BCUT2D eigenvalue weighted by atomic mass is 10.6. The van der Waals surface area contributed by atoms with Crippen LogP contribution >= 0.6 is 0 Å². The standard InChI is InChI=1S/C9H11N3O3/c1-3-8(13)15-7(2)11-9(14)12-5-4-10-6-12/h3-7H,1H2,2H3,(H,11,14). The lowest BCUT2D eigenvalue weighted by molar-refractivity contribution is -0.142. The maximum absolute atomic E-state index is 11.4. The van der Waals surface area contributed by atoms with Crippen LogP contribution in [0.5, 0.6) is 0 Å². The monoisotopic (exact) mass is 209 g/mol. The van der Waals surface area contributed by atoms with Gasteiger partial charge in [0, 0.05) is 18.5 Å². The van der Waals surface area contributed by atoms with Gasteiger partial charge in [-0.2, -0.15) is 0 Å². The Morgan fingerprint density at radius 2 is 2.40 bits per heavy atom. The number of aromatic nitrogens is 2. The number of nitrogens with zero attached hydrogens (tertiary/aromatic N) is 2. The third-order valence-corrected chi connectivity index (χ3v) is 1.53. The predicted octanol–water partition coefficient (Wildman–Crippen LogP) is 0.516. The van der Waals surface area contributed by atoms with Crippen LogP contribution in [0.25, 0.3) is 0 Å². The first-order valence-corrected chi connectivity index (χ1v) is 4.25. The van der Waals surface area contributed by atoms with Crippen LogP contribution < -0.4 is 5.32 Å². The predicted molar refractivity (Wildman–Crippen MR) is 51.9 cm³/mol. The summed E-state index contributed by atoms with van der Waals surface area (Å²) in [5.74, 6) is -0.589. The highest BCUT2D eigenvalue weighted by molar-refractivity contribution is 5.82. The van der Waals surface area contributed by atoms with Gasteiger partial charge in [-0.15, -0.1) is 0 Å². The van der Waals surface area contributed by atoms with Crippen LogP contribution in [-0.2, 0) is 9.53 Å². The van der Waals surface area contributed by atoms with Crippen molar-refractivity contribution in [3.8, 4) is 0 Å². The molecule has 0 radical (unpaired) electrons. The molecule has 0 fully saturated rings. The smallest absolute Gasteiger partial charge is 0.332 e. The minimum atomic E-state index is -0.717. The van der Waals surface area contributed by atoms with Crippen molar-refractivity contribution < 1.29 is 14.3 Å². The molecule has 0 aromatic carbocycles. The summed E-state index contributed by atoms with van der Waals surface area (Å²) in [7, 11) is 0. The first-order chi connectivity index (χ1) is 7.13. The Morgan fingerprint density at radius 3 is 2.93 bits per heavy atom. The van der Waals surface area contributed by atoms with E-state index < -0.39 is 18.2 Å². The molecule has 15 heavy (non-hydrogen) atoms. The van der Waals surface area contributed by atoms with Crippen LogP contribution in [0, 0.1) is 0 Å². The summed E-state index contributed by atoms with van der Waals surface area (Å²) >= 11 is 0. The molecule has 0 saturated heterocycles. The molecule has 0 spiro atoms. The van der Waals surface area contributed by atoms with Crippen LogP contribution in [0.2, 0.25) is 0 Å². The van der Waals surface area contributed by atoms with Gasteiger partial charge in [0.25, 0.3) is 0 Å². The molecule has 1 heterocycles. The summed E-state index contributed by atoms with van der Waals surface area (Å²) in [6, 6.07) is -0.420. The summed E-state index contributed by atoms with van der Waals surface area (Å²) < 4.78 is 5.98. The quantitative estimate of drug-likeness (QED) is 0.447. The fraction of sp³-hybridized carbons (Fsp3) is 0.222. The molecule has 0 bridgehead atoms. The van der Waals surface area contributed by atoms with Crippen molar-refractivity contribution in [2.75, 3.05) is 0 Å². The van der Waals surface area contributed by atoms with Gasteiger partial charge in [0.15, 0.2) is 6.23 Å². The van der Waals surface area contributed by atoms with E-state index in [0.717, 1.165) is 6.08 Å². The second-order valence-electron chi connectivity index (χ2n) is 2.70. The lowest BCUT2D eigenvalue weighted by Gasteiger charge is -2.13. The number of rotatable bonds is 3. The average molecular weight is 209 g/mol. The van der Waals surface area contributed by atoms with Gasteiger partial charge in [-0.05, 0) is 6.92 Å². The maximum Gasteiger partial charge on any atom is 0.332 e. The molecule has 0 aliphatic heterocycles. The number of amides is 1. The first-order valence-electron chi connectivity index (χ1n) is 4.25. The van der Waals surface area contributed by atoms with Gasteiger partial charge in [0.2, 0.25) is 0 Å². The molecule has 1 amide bonds. The molecular formula is C9H11N3O3.